The number of amides is 2. The van der Waals surface area contributed by atoms with Gasteiger partial charge in [0.15, 0.2) is 6.61 Å². The molecule has 7 heteroatoms. The number of ether oxygens (including phenoxy) is 1. The molecule has 0 bridgehead atoms. The number of hydrogen-bond acceptors (Lipinski definition) is 3. The molecular formula is C14H18Cl2N2O3. The van der Waals surface area contributed by atoms with Gasteiger partial charge in [-0.15, -0.1) is 0 Å². The van der Waals surface area contributed by atoms with Gasteiger partial charge in [-0.3, -0.25) is 9.59 Å². The van der Waals surface area contributed by atoms with Gasteiger partial charge in [0.2, 0.25) is 5.91 Å². The van der Waals surface area contributed by atoms with Crippen LogP contribution in [0.3, 0.4) is 0 Å². The van der Waals surface area contributed by atoms with Gasteiger partial charge in [0.1, 0.15) is 5.75 Å². The molecule has 0 saturated heterocycles. The van der Waals surface area contributed by atoms with Crippen LogP contribution in [0.5, 0.6) is 5.75 Å². The third-order valence-corrected chi connectivity index (χ3v) is 2.94. The van der Waals surface area contributed by atoms with E-state index in [4.69, 9.17) is 27.9 Å². The predicted molar refractivity (Wildman–Crippen MR) is 82.8 cm³/mol. The highest BCUT2D eigenvalue weighted by molar-refractivity contribution is 6.35. The number of halogens is 2. The average Bonchev–Trinajstić information content (AvgIpc) is 2.41. The van der Waals surface area contributed by atoms with Gasteiger partial charge in [0, 0.05) is 11.6 Å². The largest absolute Gasteiger partial charge is 0.482 e. The number of benzene rings is 1. The minimum absolute atomic E-state index is 0.0801. The Balaban J connectivity index is 2.29. The molecule has 1 rings (SSSR count). The summed E-state index contributed by atoms with van der Waals surface area (Å²) >= 11 is 11.7. The van der Waals surface area contributed by atoms with Crippen molar-refractivity contribution in [3.05, 3.63) is 28.2 Å². The van der Waals surface area contributed by atoms with E-state index in [9.17, 15) is 9.59 Å². The van der Waals surface area contributed by atoms with Crippen LogP contribution in [0.15, 0.2) is 18.2 Å². The maximum absolute atomic E-state index is 11.6. The standard InChI is InChI=1S/C14H18Cl2N2O3/c1-9(2)6-17-13(19)7-18-14(20)8-21-12-4-3-10(15)5-11(12)16/h3-5,9H,6-8H2,1-2H3,(H,17,19)(H,18,20). The Kier molecular flexibility index (Phi) is 7.32. The summed E-state index contributed by atoms with van der Waals surface area (Å²) in [4.78, 5) is 23.0. The molecule has 116 valence electrons. The fourth-order valence-electron chi connectivity index (χ4n) is 1.35. The van der Waals surface area contributed by atoms with Gasteiger partial charge < -0.3 is 15.4 Å². The first kappa shape index (κ1) is 17.6. The van der Waals surface area contributed by atoms with Gasteiger partial charge in [-0.05, 0) is 24.1 Å². The number of carbonyl (C=O) groups is 2. The monoisotopic (exact) mass is 332 g/mol. The van der Waals surface area contributed by atoms with E-state index in [1.807, 2.05) is 13.8 Å². The minimum atomic E-state index is -0.402. The van der Waals surface area contributed by atoms with Crippen LogP contribution in [-0.4, -0.2) is 31.5 Å². The maximum atomic E-state index is 11.6. The second-order valence-electron chi connectivity index (χ2n) is 4.84. The molecule has 0 atom stereocenters. The van der Waals surface area contributed by atoms with E-state index < -0.39 is 5.91 Å². The topological polar surface area (TPSA) is 67.4 Å². The Hall–Kier alpha value is -1.46. The lowest BCUT2D eigenvalue weighted by Crippen LogP contribution is -2.39. The lowest BCUT2D eigenvalue weighted by molar-refractivity contribution is -0.127. The third kappa shape index (κ3) is 7.20. The minimum Gasteiger partial charge on any atom is -0.482 e. The fraction of sp³-hybridized carbons (Fsp3) is 0.429. The molecule has 0 saturated carbocycles. The Bertz CT molecular complexity index is 507. The summed E-state index contributed by atoms with van der Waals surface area (Å²) in [6.07, 6.45) is 0. The van der Waals surface area contributed by atoms with Crippen molar-refractivity contribution in [2.24, 2.45) is 5.92 Å². The van der Waals surface area contributed by atoms with Crippen molar-refractivity contribution in [1.29, 1.82) is 0 Å². The number of nitrogens with one attached hydrogen (secondary N) is 2. The van der Waals surface area contributed by atoms with Crippen LogP contribution in [0.25, 0.3) is 0 Å². The van der Waals surface area contributed by atoms with Gasteiger partial charge in [-0.1, -0.05) is 37.0 Å². The van der Waals surface area contributed by atoms with Crippen LogP contribution < -0.4 is 15.4 Å². The predicted octanol–water partition coefficient (Wildman–Crippen LogP) is 2.26. The number of rotatable bonds is 7. The highest BCUT2D eigenvalue weighted by Gasteiger charge is 2.08. The van der Waals surface area contributed by atoms with Gasteiger partial charge >= 0.3 is 0 Å². The van der Waals surface area contributed by atoms with E-state index in [0.717, 1.165) is 0 Å². The molecule has 0 heterocycles. The van der Waals surface area contributed by atoms with Crippen LogP contribution in [0.4, 0.5) is 0 Å². The van der Waals surface area contributed by atoms with E-state index in [0.29, 0.717) is 28.3 Å². The fourth-order valence-corrected chi connectivity index (χ4v) is 1.81. The quantitative estimate of drug-likeness (QED) is 0.804. The highest BCUT2D eigenvalue weighted by Crippen LogP contribution is 2.27. The molecule has 0 unspecified atom stereocenters. The summed E-state index contributed by atoms with van der Waals surface area (Å²) in [6.45, 7) is 4.25. The molecule has 0 aliphatic rings. The van der Waals surface area contributed by atoms with Gasteiger partial charge in [0.25, 0.3) is 5.91 Å². The summed E-state index contributed by atoms with van der Waals surface area (Å²) in [5, 5.41) is 5.97. The number of carbonyl (C=O) groups excluding carboxylic acids is 2. The van der Waals surface area contributed by atoms with Crippen LogP contribution >= 0.6 is 23.2 Å². The average molecular weight is 333 g/mol. The van der Waals surface area contributed by atoms with Crippen molar-refractivity contribution in [1.82, 2.24) is 10.6 Å². The zero-order valence-electron chi connectivity index (χ0n) is 11.9. The zero-order chi connectivity index (χ0) is 15.8. The molecule has 21 heavy (non-hydrogen) atoms. The van der Waals surface area contributed by atoms with E-state index in [2.05, 4.69) is 10.6 Å². The lowest BCUT2D eigenvalue weighted by atomic mass is 10.2. The third-order valence-electron chi connectivity index (χ3n) is 2.41. The first-order chi connectivity index (χ1) is 9.88. The smallest absolute Gasteiger partial charge is 0.258 e. The molecule has 0 spiro atoms. The molecule has 5 nitrogen and oxygen atoms in total. The summed E-state index contributed by atoms with van der Waals surface area (Å²) in [5.74, 6) is 0.0859. The Morgan fingerprint density at radius 3 is 2.52 bits per heavy atom. The Labute approximate surface area is 133 Å². The van der Waals surface area contributed by atoms with Crippen LogP contribution in [0, 0.1) is 5.92 Å². The molecular weight excluding hydrogens is 315 g/mol. The first-order valence-electron chi connectivity index (χ1n) is 6.49. The van der Waals surface area contributed by atoms with Crippen molar-refractivity contribution < 1.29 is 14.3 Å². The summed E-state index contributed by atoms with van der Waals surface area (Å²) < 4.78 is 5.25. The van der Waals surface area contributed by atoms with Crippen molar-refractivity contribution in [2.75, 3.05) is 19.7 Å². The summed E-state index contributed by atoms with van der Waals surface area (Å²) in [6, 6.07) is 4.71. The van der Waals surface area contributed by atoms with Crippen LogP contribution in [-0.2, 0) is 9.59 Å². The van der Waals surface area contributed by atoms with Crippen molar-refractivity contribution in [3.8, 4) is 5.75 Å². The van der Waals surface area contributed by atoms with E-state index >= 15 is 0 Å². The van der Waals surface area contributed by atoms with Crippen molar-refractivity contribution >= 4 is 35.0 Å². The Morgan fingerprint density at radius 2 is 1.90 bits per heavy atom. The normalized spacial score (nSPS) is 10.3. The second-order valence-corrected chi connectivity index (χ2v) is 5.68. The molecule has 0 aliphatic carbocycles. The Morgan fingerprint density at radius 1 is 1.19 bits per heavy atom. The van der Waals surface area contributed by atoms with Crippen molar-refractivity contribution in [2.45, 2.75) is 13.8 Å². The molecule has 2 amide bonds. The van der Waals surface area contributed by atoms with E-state index in [1.165, 1.54) is 6.07 Å². The van der Waals surface area contributed by atoms with Crippen LogP contribution in [0.2, 0.25) is 10.0 Å². The summed E-state index contributed by atoms with van der Waals surface area (Å²) in [7, 11) is 0. The maximum Gasteiger partial charge on any atom is 0.258 e. The molecule has 1 aromatic rings. The molecule has 0 fully saturated rings. The van der Waals surface area contributed by atoms with Gasteiger partial charge in [-0.25, -0.2) is 0 Å². The molecule has 0 aromatic heterocycles. The van der Waals surface area contributed by atoms with Gasteiger partial charge in [0.05, 0.1) is 11.6 Å². The van der Waals surface area contributed by atoms with E-state index in [1.54, 1.807) is 12.1 Å². The molecule has 0 radical (unpaired) electrons. The second kappa shape index (κ2) is 8.74. The number of hydrogen-bond donors (Lipinski definition) is 2. The molecule has 0 aliphatic heterocycles. The zero-order valence-corrected chi connectivity index (χ0v) is 13.4. The van der Waals surface area contributed by atoms with Crippen molar-refractivity contribution in [3.63, 3.8) is 0 Å². The van der Waals surface area contributed by atoms with E-state index in [-0.39, 0.29) is 19.1 Å². The summed E-state index contributed by atoms with van der Waals surface area (Å²) in [5.41, 5.74) is 0. The first-order valence-corrected chi connectivity index (χ1v) is 7.25. The highest BCUT2D eigenvalue weighted by atomic mass is 35.5. The molecule has 2 N–H and O–H groups in total. The lowest BCUT2D eigenvalue weighted by Gasteiger charge is -2.10. The molecule has 1 aromatic carbocycles. The van der Waals surface area contributed by atoms with Crippen LogP contribution in [0.1, 0.15) is 13.8 Å². The SMILES string of the molecule is CC(C)CNC(=O)CNC(=O)COc1ccc(Cl)cc1Cl. The van der Waals surface area contributed by atoms with Gasteiger partial charge in [-0.2, -0.15) is 0 Å².